The Hall–Kier alpha value is -3.14. The summed E-state index contributed by atoms with van der Waals surface area (Å²) in [5.41, 5.74) is 2.86. The van der Waals surface area contributed by atoms with Gasteiger partial charge in [-0.25, -0.2) is 14.8 Å². The van der Waals surface area contributed by atoms with Gasteiger partial charge in [0, 0.05) is 5.69 Å². The predicted octanol–water partition coefficient (Wildman–Crippen LogP) is 4.18. The number of nitrogens with one attached hydrogen (secondary N) is 2. The number of aromatic nitrogens is 2. The average molecular weight is 365 g/mol. The molecule has 2 aromatic rings. The van der Waals surface area contributed by atoms with Gasteiger partial charge in [0.05, 0.1) is 18.4 Å². The summed E-state index contributed by atoms with van der Waals surface area (Å²) in [6.07, 6.45) is 5.54. The number of carbonyl (C=O) groups is 1. The summed E-state index contributed by atoms with van der Waals surface area (Å²) < 4.78 is 5.30. The Kier molecular flexibility index (Phi) is 5.26. The molecule has 0 fully saturated rings. The van der Waals surface area contributed by atoms with E-state index in [-0.39, 0.29) is 6.04 Å². The number of hydrogen-bond donors (Lipinski definition) is 2. The van der Waals surface area contributed by atoms with Crippen molar-refractivity contribution in [2.24, 2.45) is 0 Å². The third kappa shape index (κ3) is 4.94. The van der Waals surface area contributed by atoms with Crippen LogP contribution in [-0.2, 0) is 11.2 Å². The Morgan fingerprint density at radius 1 is 1.30 bits per heavy atom. The second kappa shape index (κ2) is 7.62. The monoisotopic (exact) mass is 365 g/mol. The van der Waals surface area contributed by atoms with E-state index in [1.54, 1.807) is 6.20 Å². The molecular weight excluding hydrogens is 342 g/mol. The zero-order chi connectivity index (χ0) is 19.4. The lowest BCUT2D eigenvalue weighted by atomic mass is 9.87. The number of benzene rings is 1. The molecule has 0 saturated heterocycles. The van der Waals surface area contributed by atoms with Crippen molar-refractivity contribution in [2.45, 2.75) is 51.7 Å². The fraction of sp³-hybridized carbons (Fsp3) is 0.400. The maximum atomic E-state index is 12.0. The van der Waals surface area contributed by atoms with E-state index in [1.165, 1.54) is 17.3 Å². The van der Waals surface area contributed by atoms with Crippen molar-refractivity contribution < 1.29 is 9.53 Å². The van der Waals surface area contributed by atoms with Crippen molar-refractivity contribution in [2.75, 3.05) is 10.6 Å². The average Bonchev–Trinajstić information content (AvgIpc) is 2.61. The number of rotatable bonds is 3. The fourth-order valence-electron chi connectivity index (χ4n) is 3.10. The molecular formula is C20H23N5O2. The van der Waals surface area contributed by atoms with E-state index in [2.05, 4.69) is 20.6 Å². The molecule has 1 heterocycles. The molecule has 0 radical (unpaired) electrons. The van der Waals surface area contributed by atoms with E-state index in [4.69, 9.17) is 10.00 Å². The largest absolute Gasteiger partial charge is 0.444 e. The summed E-state index contributed by atoms with van der Waals surface area (Å²) in [7, 11) is 0. The molecule has 0 spiro atoms. The fourth-order valence-corrected chi connectivity index (χ4v) is 3.10. The van der Waals surface area contributed by atoms with E-state index in [0.717, 1.165) is 24.9 Å². The molecule has 1 aromatic heterocycles. The second-order valence-corrected chi connectivity index (χ2v) is 7.53. The Bertz CT molecular complexity index is 865. The van der Waals surface area contributed by atoms with Crippen molar-refractivity contribution >= 4 is 17.6 Å². The molecule has 1 amide bonds. The zero-order valence-corrected chi connectivity index (χ0v) is 15.7. The molecule has 3 rings (SSSR count). The van der Waals surface area contributed by atoms with Gasteiger partial charge in [-0.15, -0.1) is 0 Å². The standard InChI is InChI=1S/C20H23N5O2/c1-20(2,3)27-19(26)24-14-7-8-16-13(9-14)5-4-6-17(16)25-18-12-22-15(10-21)11-23-18/h7-9,11-12,17H,4-6H2,1-3H3,(H,23,25)(H,24,26). The first-order valence-electron chi connectivity index (χ1n) is 8.95. The molecule has 0 saturated carbocycles. The van der Waals surface area contributed by atoms with Crippen molar-refractivity contribution in [1.82, 2.24) is 9.97 Å². The van der Waals surface area contributed by atoms with E-state index >= 15 is 0 Å². The first-order valence-corrected chi connectivity index (χ1v) is 8.95. The Labute approximate surface area is 158 Å². The Balaban J connectivity index is 1.72. The minimum absolute atomic E-state index is 0.117. The van der Waals surface area contributed by atoms with Crippen LogP contribution in [0.25, 0.3) is 0 Å². The number of nitriles is 1. The highest BCUT2D eigenvalue weighted by Crippen LogP contribution is 2.33. The first-order chi connectivity index (χ1) is 12.8. The number of nitrogens with zero attached hydrogens (tertiary/aromatic N) is 3. The highest BCUT2D eigenvalue weighted by atomic mass is 16.6. The normalized spacial score (nSPS) is 16.0. The van der Waals surface area contributed by atoms with Crippen LogP contribution < -0.4 is 10.6 Å². The molecule has 1 unspecified atom stereocenters. The van der Waals surface area contributed by atoms with Crippen LogP contribution in [0.5, 0.6) is 0 Å². The van der Waals surface area contributed by atoms with Crippen molar-refractivity contribution in [1.29, 1.82) is 5.26 Å². The SMILES string of the molecule is CC(C)(C)OC(=O)Nc1ccc2c(c1)CCCC2Nc1cnc(C#N)cn1. The second-order valence-electron chi connectivity index (χ2n) is 7.53. The number of ether oxygens (including phenoxy) is 1. The van der Waals surface area contributed by atoms with Crippen LogP contribution in [0.4, 0.5) is 16.3 Å². The molecule has 1 aliphatic rings. The van der Waals surface area contributed by atoms with Crippen LogP contribution in [0.1, 0.15) is 56.5 Å². The van der Waals surface area contributed by atoms with Gasteiger partial charge in [-0.1, -0.05) is 6.07 Å². The van der Waals surface area contributed by atoms with Crippen LogP contribution in [-0.4, -0.2) is 21.7 Å². The lowest BCUT2D eigenvalue weighted by Gasteiger charge is -2.27. The number of aryl methyl sites for hydroxylation is 1. The number of anilines is 2. The highest BCUT2D eigenvalue weighted by Gasteiger charge is 2.22. The predicted molar refractivity (Wildman–Crippen MR) is 102 cm³/mol. The summed E-state index contributed by atoms with van der Waals surface area (Å²) in [6.45, 7) is 5.51. The van der Waals surface area contributed by atoms with Crippen LogP contribution >= 0.6 is 0 Å². The van der Waals surface area contributed by atoms with Gasteiger partial charge >= 0.3 is 6.09 Å². The number of amides is 1. The van der Waals surface area contributed by atoms with Crippen molar-refractivity contribution in [3.63, 3.8) is 0 Å². The third-order valence-electron chi connectivity index (χ3n) is 4.19. The summed E-state index contributed by atoms with van der Waals surface area (Å²) in [5, 5.41) is 15.0. The molecule has 1 aliphatic carbocycles. The Morgan fingerprint density at radius 3 is 2.78 bits per heavy atom. The number of hydrogen-bond acceptors (Lipinski definition) is 6. The van der Waals surface area contributed by atoms with Crippen molar-refractivity contribution in [3.05, 3.63) is 47.4 Å². The van der Waals surface area contributed by atoms with Gasteiger partial charge in [-0.3, -0.25) is 5.32 Å². The van der Waals surface area contributed by atoms with Gasteiger partial charge in [-0.2, -0.15) is 5.26 Å². The van der Waals surface area contributed by atoms with E-state index in [1.807, 2.05) is 45.0 Å². The summed E-state index contributed by atoms with van der Waals surface area (Å²) in [5.74, 6) is 0.641. The van der Waals surface area contributed by atoms with Gasteiger partial charge in [0.1, 0.15) is 17.5 Å². The van der Waals surface area contributed by atoms with Gasteiger partial charge in [0.25, 0.3) is 0 Å². The van der Waals surface area contributed by atoms with Crippen LogP contribution in [0, 0.1) is 11.3 Å². The molecule has 1 aromatic carbocycles. The number of carbonyl (C=O) groups excluding carboxylic acids is 1. The molecule has 0 aliphatic heterocycles. The molecule has 7 heteroatoms. The summed E-state index contributed by atoms with van der Waals surface area (Å²) in [6, 6.07) is 7.98. The topological polar surface area (TPSA) is 99.9 Å². The van der Waals surface area contributed by atoms with Gasteiger partial charge < -0.3 is 10.1 Å². The van der Waals surface area contributed by atoms with E-state index < -0.39 is 11.7 Å². The minimum Gasteiger partial charge on any atom is -0.444 e. The van der Waals surface area contributed by atoms with E-state index in [0.29, 0.717) is 11.5 Å². The molecule has 27 heavy (non-hydrogen) atoms. The zero-order valence-electron chi connectivity index (χ0n) is 15.7. The minimum atomic E-state index is -0.532. The lowest BCUT2D eigenvalue weighted by molar-refractivity contribution is 0.0636. The molecule has 0 bridgehead atoms. The van der Waals surface area contributed by atoms with Gasteiger partial charge in [0.15, 0.2) is 5.69 Å². The van der Waals surface area contributed by atoms with Crippen LogP contribution in [0.3, 0.4) is 0 Å². The molecule has 2 N–H and O–H groups in total. The lowest BCUT2D eigenvalue weighted by Crippen LogP contribution is -2.27. The molecule has 7 nitrogen and oxygen atoms in total. The third-order valence-corrected chi connectivity index (χ3v) is 4.19. The molecule has 1 atom stereocenters. The maximum absolute atomic E-state index is 12.0. The maximum Gasteiger partial charge on any atom is 0.412 e. The molecule has 140 valence electrons. The smallest absolute Gasteiger partial charge is 0.412 e. The number of fused-ring (bicyclic) bond motifs is 1. The highest BCUT2D eigenvalue weighted by molar-refractivity contribution is 5.85. The summed E-state index contributed by atoms with van der Waals surface area (Å²) >= 11 is 0. The quantitative estimate of drug-likeness (QED) is 0.846. The summed E-state index contributed by atoms with van der Waals surface area (Å²) in [4.78, 5) is 20.3. The van der Waals surface area contributed by atoms with Crippen LogP contribution in [0.15, 0.2) is 30.6 Å². The van der Waals surface area contributed by atoms with Crippen molar-refractivity contribution in [3.8, 4) is 6.07 Å². The first kappa shape index (κ1) is 18.6. The van der Waals surface area contributed by atoms with E-state index in [9.17, 15) is 4.79 Å². The Morgan fingerprint density at radius 2 is 2.11 bits per heavy atom. The van der Waals surface area contributed by atoms with Crippen LogP contribution in [0.2, 0.25) is 0 Å². The van der Waals surface area contributed by atoms with Gasteiger partial charge in [-0.05, 0) is 63.3 Å². The van der Waals surface area contributed by atoms with Gasteiger partial charge in [0.2, 0.25) is 0 Å².